The SMILES string of the molecule is CC1(c2ccccc2)c2ccccc2-c2c(-c3ccccc3N(c3ccccc3-c3ccccc3)c3ccccc3-c3cccc4cccc(-c5ccccc5)c34)cccc21. The number of rotatable bonds is 8. The van der Waals surface area contributed by atoms with Gasteiger partial charge in [-0.1, -0.05) is 224 Å². The van der Waals surface area contributed by atoms with Gasteiger partial charge < -0.3 is 4.90 Å². The van der Waals surface area contributed by atoms with Crippen LogP contribution in [0.5, 0.6) is 0 Å². The van der Waals surface area contributed by atoms with Crippen LogP contribution in [0.3, 0.4) is 0 Å². The second kappa shape index (κ2) is 15.1. The lowest BCUT2D eigenvalue weighted by Gasteiger charge is -2.32. The summed E-state index contributed by atoms with van der Waals surface area (Å²) in [7, 11) is 0. The van der Waals surface area contributed by atoms with Crippen LogP contribution in [-0.4, -0.2) is 0 Å². The molecule has 10 aromatic rings. The van der Waals surface area contributed by atoms with Crippen LogP contribution in [-0.2, 0) is 5.41 Å². The molecule has 10 aromatic carbocycles. The Labute approximate surface area is 358 Å². The van der Waals surface area contributed by atoms with Crippen molar-refractivity contribution >= 4 is 27.8 Å². The Kier molecular flexibility index (Phi) is 9.02. The third-order valence-electron chi connectivity index (χ3n) is 12.8. The van der Waals surface area contributed by atoms with Crippen molar-refractivity contribution in [3.63, 3.8) is 0 Å². The van der Waals surface area contributed by atoms with Crippen LogP contribution in [0.1, 0.15) is 23.6 Å². The number of anilines is 3. The Bertz CT molecular complexity index is 3200. The van der Waals surface area contributed by atoms with Gasteiger partial charge in [0.25, 0.3) is 0 Å². The van der Waals surface area contributed by atoms with Crippen molar-refractivity contribution in [3.8, 4) is 55.6 Å². The van der Waals surface area contributed by atoms with E-state index >= 15 is 0 Å². The van der Waals surface area contributed by atoms with E-state index in [9.17, 15) is 0 Å². The van der Waals surface area contributed by atoms with E-state index in [1.165, 1.54) is 72.0 Å². The highest BCUT2D eigenvalue weighted by atomic mass is 15.1. The number of benzene rings is 10. The summed E-state index contributed by atoms with van der Waals surface area (Å²) in [6, 6.07) is 88.8. The first-order valence-electron chi connectivity index (χ1n) is 21.2. The van der Waals surface area contributed by atoms with Gasteiger partial charge in [-0.2, -0.15) is 0 Å². The molecule has 0 spiro atoms. The second-order valence-corrected chi connectivity index (χ2v) is 16.1. The minimum atomic E-state index is -0.310. The summed E-state index contributed by atoms with van der Waals surface area (Å²) in [6.07, 6.45) is 0. The van der Waals surface area contributed by atoms with E-state index in [1.807, 2.05) is 0 Å². The largest absolute Gasteiger partial charge is 0.309 e. The van der Waals surface area contributed by atoms with Crippen molar-refractivity contribution in [2.45, 2.75) is 12.3 Å². The van der Waals surface area contributed by atoms with Gasteiger partial charge in [-0.15, -0.1) is 0 Å². The van der Waals surface area contributed by atoms with Gasteiger partial charge in [-0.25, -0.2) is 0 Å². The van der Waals surface area contributed by atoms with Gasteiger partial charge in [-0.3, -0.25) is 0 Å². The molecule has 0 saturated heterocycles. The van der Waals surface area contributed by atoms with Gasteiger partial charge in [0.15, 0.2) is 0 Å². The highest BCUT2D eigenvalue weighted by Crippen LogP contribution is 2.57. The van der Waals surface area contributed by atoms with Crippen LogP contribution in [0.25, 0.3) is 66.4 Å². The summed E-state index contributed by atoms with van der Waals surface area (Å²) in [5.74, 6) is 0. The predicted molar refractivity (Wildman–Crippen MR) is 258 cm³/mol. The van der Waals surface area contributed by atoms with Gasteiger partial charge in [0.05, 0.1) is 17.1 Å². The molecule has 0 aliphatic heterocycles. The maximum absolute atomic E-state index is 2.52. The third kappa shape index (κ3) is 6.01. The number of para-hydroxylation sites is 3. The van der Waals surface area contributed by atoms with Gasteiger partial charge >= 0.3 is 0 Å². The lowest BCUT2D eigenvalue weighted by atomic mass is 9.74. The van der Waals surface area contributed by atoms with Crippen molar-refractivity contribution < 1.29 is 0 Å². The molecule has 1 heteroatoms. The van der Waals surface area contributed by atoms with Crippen LogP contribution >= 0.6 is 0 Å². The quantitative estimate of drug-likeness (QED) is 0.149. The lowest BCUT2D eigenvalue weighted by Crippen LogP contribution is -2.22. The van der Waals surface area contributed by atoms with Crippen molar-refractivity contribution in [2.24, 2.45) is 0 Å². The molecule has 0 N–H and O–H groups in total. The van der Waals surface area contributed by atoms with E-state index < -0.39 is 0 Å². The summed E-state index contributed by atoms with van der Waals surface area (Å²) in [6.45, 7) is 2.40. The lowest BCUT2D eigenvalue weighted by molar-refractivity contribution is 0.714. The Balaban J connectivity index is 1.20. The zero-order valence-electron chi connectivity index (χ0n) is 34.0. The number of nitrogens with zero attached hydrogens (tertiary/aromatic N) is 1. The van der Waals surface area contributed by atoms with E-state index in [-0.39, 0.29) is 5.41 Å². The first-order chi connectivity index (χ1) is 30.2. The fourth-order valence-electron chi connectivity index (χ4n) is 9.98. The molecule has 0 fully saturated rings. The number of hydrogen-bond acceptors (Lipinski definition) is 1. The van der Waals surface area contributed by atoms with E-state index in [2.05, 4.69) is 254 Å². The van der Waals surface area contributed by atoms with Crippen LogP contribution in [0, 0.1) is 0 Å². The molecule has 1 aliphatic carbocycles. The van der Waals surface area contributed by atoms with E-state index in [1.54, 1.807) is 0 Å². The highest BCUT2D eigenvalue weighted by molar-refractivity contribution is 6.10. The fourth-order valence-corrected chi connectivity index (χ4v) is 9.98. The normalized spacial score (nSPS) is 14.0. The molecule has 0 saturated carbocycles. The van der Waals surface area contributed by atoms with E-state index in [0.29, 0.717) is 0 Å². The number of fused-ring (bicyclic) bond motifs is 4. The molecule has 1 nitrogen and oxygen atoms in total. The average molecular weight is 778 g/mol. The summed E-state index contributed by atoms with van der Waals surface area (Å²) >= 11 is 0. The monoisotopic (exact) mass is 777 g/mol. The van der Waals surface area contributed by atoms with Crippen LogP contribution in [0.2, 0.25) is 0 Å². The minimum Gasteiger partial charge on any atom is -0.309 e. The Morgan fingerprint density at radius 2 is 0.705 bits per heavy atom. The standard InChI is InChI=1S/C60H43N/c1-60(45-28-9-4-10-29-45)53-37-15-11-33-52(53)59-51(36-21-38-54(59)60)49-32-14-18-41-57(49)61(55-39-16-12-30-46(55)42-22-5-2-6-23-42)56-40-17-13-31-48(56)50-35-20-27-44-26-19-34-47(58(44)50)43-24-7-3-8-25-43/h2-41H,1H3. The first-order valence-corrected chi connectivity index (χ1v) is 21.2. The fraction of sp³-hybridized carbons (Fsp3) is 0.0333. The highest BCUT2D eigenvalue weighted by Gasteiger charge is 2.42. The zero-order chi connectivity index (χ0) is 40.8. The molecule has 1 aliphatic rings. The van der Waals surface area contributed by atoms with Crippen LogP contribution in [0.4, 0.5) is 17.1 Å². The van der Waals surface area contributed by atoms with Crippen molar-refractivity contribution in [1.82, 2.24) is 0 Å². The summed E-state index contributed by atoms with van der Waals surface area (Å²) in [5.41, 5.74) is 19.1. The van der Waals surface area contributed by atoms with Crippen molar-refractivity contribution in [3.05, 3.63) is 259 Å². The zero-order valence-corrected chi connectivity index (χ0v) is 34.0. The molecule has 288 valence electrons. The van der Waals surface area contributed by atoms with Crippen molar-refractivity contribution in [1.29, 1.82) is 0 Å². The van der Waals surface area contributed by atoms with Gasteiger partial charge in [0, 0.05) is 22.1 Å². The molecule has 1 atom stereocenters. The molecule has 1 unspecified atom stereocenters. The topological polar surface area (TPSA) is 3.24 Å². The molecule has 0 amide bonds. The Morgan fingerprint density at radius 1 is 0.295 bits per heavy atom. The van der Waals surface area contributed by atoms with Crippen LogP contribution in [0.15, 0.2) is 243 Å². The molecular formula is C60H43N. The maximum Gasteiger partial charge on any atom is 0.0540 e. The maximum atomic E-state index is 2.52. The molecular weight excluding hydrogens is 735 g/mol. The molecule has 0 radical (unpaired) electrons. The van der Waals surface area contributed by atoms with Gasteiger partial charge in [0.1, 0.15) is 0 Å². The second-order valence-electron chi connectivity index (χ2n) is 16.1. The summed E-state index contributed by atoms with van der Waals surface area (Å²) < 4.78 is 0. The summed E-state index contributed by atoms with van der Waals surface area (Å²) in [4.78, 5) is 2.52. The average Bonchev–Trinajstić information content (AvgIpc) is 3.61. The van der Waals surface area contributed by atoms with Crippen molar-refractivity contribution in [2.75, 3.05) is 4.90 Å². The Hall–Kier alpha value is -7.74. The first kappa shape index (κ1) is 36.3. The Morgan fingerprint density at radius 3 is 1.34 bits per heavy atom. The van der Waals surface area contributed by atoms with Gasteiger partial charge in [0.2, 0.25) is 0 Å². The molecule has 11 rings (SSSR count). The van der Waals surface area contributed by atoms with Crippen LogP contribution < -0.4 is 4.90 Å². The smallest absolute Gasteiger partial charge is 0.0540 e. The van der Waals surface area contributed by atoms with E-state index in [4.69, 9.17) is 0 Å². The van der Waals surface area contributed by atoms with E-state index in [0.717, 1.165) is 28.2 Å². The molecule has 0 aromatic heterocycles. The van der Waals surface area contributed by atoms with Gasteiger partial charge in [-0.05, 0) is 91.5 Å². The molecule has 0 bridgehead atoms. The summed E-state index contributed by atoms with van der Waals surface area (Å²) in [5, 5.41) is 2.45. The minimum absolute atomic E-state index is 0.310. The number of hydrogen-bond donors (Lipinski definition) is 0. The molecule has 0 heterocycles. The predicted octanol–water partition coefficient (Wildman–Crippen LogP) is 16.3. The third-order valence-corrected chi connectivity index (χ3v) is 12.8. The molecule has 61 heavy (non-hydrogen) atoms.